The number of aromatic amines is 1. The molecule has 3 rings (SSSR count). The first-order valence-corrected chi connectivity index (χ1v) is 9.71. The smallest absolute Gasteiger partial charge is 0.164 e. The Bertz CT molecular complexity index is 925. The number of rotatable bonds is 11. The summed E-state index contributed by atoms with van der Waals surface area (Å²) in [5, 5.41) is 18.4. The number of aromatic nitrogens is 2. The number of unbranched alkanes of at least 4 members (excludes halogenated alkanes) is 1. The molecule has 156 valence electrons. The van der Waals surface area contributed by atoms with Crippen LogP contribution in [0.4, 0.5) is 0 Å². The molecule has 7 heteroatoms. The van der Waals surface area contributed by atoms with Crippen molar-refractivity contribution in [3.8, 4) is 23.0 Å². The molecule has 0 aliphatic heterocycles. The Morgan fingerprint density at radius 1 is 1.00 bits per heavy atom. The lowest BCUT2D eigenvalue weighted by Gasteiger charge is -2.14. The van der Waals surface area contributed by atoms with Crippen molar-refractivity contribution in [1.82, 2.24) is 10.2 Å². The van der Waals surface area contributed by atoms with E-state index in [2.05, 4.69) is 10.2 Å². The molecule has 0 radical (unpaired) electrons. The van der Waals surface area contributed by atoms with E-state index in [4.69, 9.17) is 18.9 Å². The van der Waals surface area contributed by atoms with Gasteiger partial charge in [-0.15, -0.1) is 0 Å². The van der Waals surface area contributed by atoms with Crippen LogP contribution in [0.3, 0.4) is 0 Å². The summed E-state index contributed by atoms with van der Waals surface area (Å²) in [6.07, 6.45) is 1.79. The van der Waals surface area contributed by atoms with Crippen molar-refractivity contribution in [3.63, 3.8) is 0 Å². The molecule has 0 aliphatic carbocycles. The second-order valence-electron chi connectivity index (χ2n) is 6.82. The molecule has 0 fully saturated rings. The van der Waals surface area contributed by atoms with Crippen LogP contribution in [-0.2, 0) is 0 Å². The van der Waals surface area contributed by atoms with Crippen LogP contribution < -0.4 is 18.9 Å². The lowest BCUT2D eigenvalue weighted by atomic mass is 10.1. The third-order valence-electron chi connectivity index (χ3n) is 4.71. The minimum absolute atomic E-state index is 0.250. The van der Waals surface area contributed by atoms with E-state index in [1.165, 1.54) is 0 Å². The minimum Gasteiger partial charge on any atom is -0.493 e. The van der Waals surface area contributed by atoms with Gasteiger partial charge in [-0.2, -0.15) is 5.10 Å². The maximum Gasteiger partial charge on any atom is 0.164 e. The average Bonchev–Trinajstić information content (AvgIpc) is 3.13. The topological polar surface area (TPSA) is 85.8 Å². The number of nitrogens with one attached hydrogen (secondary N) is 1. The normalized spacial score (nSPS) is 12.0. The summed E-state index contributed by atoms with van der Waals surface area (Å²) in [6, 6.07) is 11.2. The number of H-pyrrole nitrogens is 1. The number of hydrogen-bond donors (Lipinski definition) is 2. The van der Waals surface area contributed by atoms with Crippen molar-refractivity contribution in [1.29, 1.82) is 0 Å². The van der Waals surface area contributed by atoms with E-state index in [1.54, 1.807) is 20.3 Å². The standard InChI is InChI=1S/C22H28N2O5/c1-15-22-18(24-23-15)8-6-9-20(22)29-14-16(25)7-4-5-12-28-17-10-11-19(26-2)21(13-17)27-3/h6,8-11,13,16,25H,4-5,7,12,14H2,1-3H3,(H,23,24)/t16-/m0/s1. The van der Waals surface area contributed by atoms with E-state index in [0.717, 1.165) is 40.9 Å². The van der Waals surface area contributed by atoms with E-state index in [9.17, 15) is 5.11 Å². The quantitative estimate of drug-likeness (QED) is 0.475. The summed E-state index contributed by atoms with van der Waals surface area (Å²) in [5.74, 6) is 2.78. The number of aliphatic hydroxyl groups is 1. The van der Waals surface area contributed by atoms with E-state index >= 15 is 0 Å². The van der Waals surface area contributed by atoms with E-state index in [0.29, 0.717) is 24.5 Å². The zero-order valence-corrected chi connectivity index (χ0v) is 17.1. The first-order chi connectivity index (χ1) is 14.1. The summed E-state index contributed by atoms with van der Waals surface area (Å²) in [7, 11) is 3.20. The number of methoxy groups -OCH3 is 2. The molecule has 0 saturated heterocycles. The molecular formula is C22H28N2O5. The molecule has 2 N–H and O–H groups in total. The summed E-state index contributed by atoms with van der Waals surface area (Å²) >= 11 is 0. The van der Waals surface area contributed by atoms with Crippen LogP contribution in [-0.4, -0.2) is 48.8 Å². The first-order valence-electron chi connectivity index (χ1n) is 9.71. The predicted molar refractivity (Wildman–Crippen MR) is 111 cm³/mol. The summed E-state index contributed by atoms with van der Waals surface area (Å²) in [6.45, 7) is 2.77. The number of benzene rings is 2. The molecule has 7 nitrogen and oxygen atoms in total. The van der Waals surface area contributed by atoms with Crippen LogP contribution in [0.15, 0.2) is 36.4 Å². The SMILES string of the molecule is COc1ccc(OCCCC[C@H](O)COc2cccc3n[nH]c(C)c23)cc1OC. The van der Waals surface area contributed by atoms with Gasteiger partial charge in [0.15, 0.2) is 11.5 Å². The van der Waals surface area contributed by atoms with Crippen LogP contribution in [0.2, 0.25) is 0 Å². The van der Waals surface area contributed by atoms with Crippen LogP contribution in [0.25, 0.3) is 10.9 Å². The monoisotopic (exact) mass is 400 g/mol. The van der Waals surface area contributed by atoms with Gasteiger partial charge in [0.2, 0.25) is 0 Å². The van der Waals surface area contributed by atoms with Crippen molar-refractivity contribution >= 4 is 10.9 Å². The number of aliphatic hydroxyl groups excluding tert-OH is 1. The van der Waals surface area contributed by atoms with Crippen molar-refractivity contribution in [2.24, 2.45) is 0 Å². The first kappa shape index (κ1) is 20.8. The molecule has 0 unspecified atom stereocenters. The molecule has 0 spiro atoms. The van der Waals surface area contributed by atoms with Gasteiger partial charge in [-0.3, -0.25) is 5.10 Å². The van der Waals surface area contributed by atoms with Gasteiger partial charge >= 0.3 is 0 Å². The van der Waals surface area contributed by atoms with Crippen molar-refractivity contribution in [2.75, 3.05) is 27.4 Å². The fourth-order valence-corrected chi connectivity index (χ4v) is 3.16. The maximum atomic E-state index is 10.2. The fraction of sp³-hybridized carbons (Fsp3) is 0.409. The van der Waals surface area contributed by atoms with Gasteiger partial charge in [-0.1, -0.05) is 6.07 Å². The fourth-order valence-electron chi connectivity index (χ4n) is 3.16. The second kappa shape index (κ2) is 10.0. The summed E-state index contributed by atoms with van der Waals surface area (Å²) in [5.41, 5.74) is 1.82. The number of hydrogen-bond acceptors (Lipinski definition) is 6. The molecule has 3 aromatic rings. The van der Waals surface area contributed by atoms with Gasteiger partial charge in [0, 0.05) is 11.8 Å². The Morgan fingerprint density at radius 2 is 1.83 bits per heavy atom. The van der Waals surface area contributed by atoms with Gasteiger partial charge in [-0.25, -0.2) is 0 Å². The molecular weight excluding hydrogens is 372 g/mol. The molecule has 1 heterocycles. The third-order valence-corrected chi connectivity index (χ3v) is 4.71. The van der Waals surface area contributed by atoms with Crippen molar-refractivity contribution in [2.45, 2.75) is 32.3 Å². The molecule has 1 atom stereocenters. The highest BCUT2D eigenvalue weighted by Gasteiger charge is 2.11. The highest BCUT2D eigenvalue weighted by atomic mass is 16.5. The van der Waals surface area contributed by atoms with E-state index in [-0.39, 0.29) is 6.61 Å². The number of aryl methyl sites for hydroxylation is 1. The van der Waals surface area contributed by atoms with Gasteiger partial charge in [0.25, 0.3) is 0 Å². The molecule has 29 heavy (non-hydrogen) atoms. The van der Waals surface area contributed by atoms with E-state index < -0.39 is 6.10 Å². The van der Waals surface area contributed by atoms with Gasteiger partial charge in [0.05, 0.1) is 37.8 Å². The number of fused-ring (bicyclic) bond motifs is 1. The molecule has 1 aromatic heterocycles. The molecule has 0 saturated carbocycles. The predicted octanol–water partition coefficient (Wildman–Crippen LogP) is 3.88. The van der Waals surface area contributed by atoms with Crippen molar-refractivity contribution in [3.05, 3.63) is 42.1 Å². The second-order valence-corrected chi connectivity index (χ2v) is 6.82. The highest BCUT2D eigenvalue weighted by molar-refractivity contribution is 5.87. The average molecular weight is 400 g/mol. The molecule has 0 aliphatic rings. The van der Waals surface area contributed by atoms with Gasteiger partial charge in [0.1, 0.15) is 18.1 Å². The molecule has 2 aromatic carbocycles. The zero-order chi connectivity index (χ0) is 20.6. The Morgan fingerprint density at radius 3 is 2.62 bits per heavy atom. The van der Waals surface area contributed by atoms with Gasteiger partial charge in [-0.05, 0) is 50.5 Å². The Kier molecular flexibility index (Phi) is 7.19. The van der Waals surface area contributed by atoms with Crippen LogP contribution in [0.5, 0.6) is 23.0 Å². The Labute approximate surface area is 170 Å². The molecule has 0 bridgehead atoms. The number of nitrogens with zero attached hydrogens (tertiary/aromatic N) is 1. The molecule has 0 amide bonds. The number of ether oxygens (including phenoxy) is 4. The highest BCUT2D eigenvalue weighted by Crippen LogP contribution is 2.31. The lowest BCUT2D eigenvalue weighted by molar-refractivity contribution is 0.0971. The summed E-state index contributed by atoms with van der Waals surface area (Å²) < 4.78 is 22.1. The Balaban J connectivity index is 1.38. The van der Waals surface area contributed by atoms with Gasteiger partial charge < -0.3 is 24.1 Å². The van der Waals surface area contributed by atoms with Crippen LogP contribution in [0.1, 0.15) is 25.0 Å². The Hall–Kier alpha value is -2.93. The van der Waals surface area contributed by atoms with Crippen LogP contribution in [0, 0.1) is 6.92 Å². The minimum atomic E-state index is -0.529. The van der Waals surface area contributed by atoms with Crippen molar-refractivity contribution < 1.29 is 24.1 Å². The van der Waals surface area contributed by atoms with Crippen LogP contribution >= 0.6 is 0 Å². The maximum absolute atomic E-state index is 10.2. The summed E-state index contributed by atoms with van der Waals surface area (Å²) in [4.78, 5) is 0. The largest absolute Gasteiger partial charge is 0.493 e. The van der Waals surface area contributed by atoms with E-state index in [1.807, 2.05) is 37.3 Å². The third kappa shape index (κ3) is 5.32. The lowest BCUT2D eigenvalue weighted by Crippen LogP contribution is -2.17. The zero-order valence-electron chi connectivity index (χ0n) is 17.1.